The summed E-state index contributed by atoms with van der Waals surface area (Å²) in [5.41, 5.74) is 2.36. The van der Waals surface area contributed by atoms with Gasteiger partial charge < -0.3 is 10.2 Å². The van der Waals surface area contributed by atoms with E-state index < -0.39 is 9.84 Å². The van der Waals surface area contributed by atoms with E-state index in [2.05, 4.69) is 24.2 Å². The lowest BCUT2D eigenvalue weighted by atomic mass is 9.90. The zero-order valence-electron chi connectivity index (χ0n) is 14.6. The zero-order valence-corrected chi connectivity index (χ0v) is 15.5. The molecule has 3 atom stereocenters. The van der Waals surface area contributed by atoms with Crippen LogP contribution in [0, 0.1) is 0 Å². The van der Waals surface area contributed by atoms with E-state index in [-0.39, 0.29) is 0 Å². The number of rotatable bonds is 2. The van der Waals surface area contributed by atoms with Crippen LogP contribution in [0.5, 0.6) is 0 Å². The molecule has 4 rings (SSSR count). The van der Waals surface area contributed by atoms with Crippen LogP contribution in [0.15, 0.2) is 58.3 Å². The quantitative estimate of drug-likeness (QED) is 0.898. The molecule has 2 heterocycles. The molecule has 2 aromatic carbocycles. The molecule has 1 N–H and O–H groups in total. The Hall–Kier alpha value is -1.85. The molecule has 0 radical (unpaired) electrons. The Morgan fingerprint density at radius 2 is 1.84 bits per heavy atom. The monoisotopic (exact) mass is 356 g/mol. The van der Waals surface area contributed by atoms with Gasteiger partial charge in [-0.05, 0) is 62.2 Å². The van der Waals surface area contributed by atoms with Crippen molar-refractivity contribution in [2.75, 3.05) is 18.5 Å². The van der Waals surface area contributed by atoms with Crippen LogP contribution in [0.1, 0.15) is 31.2 Å². The highest BCUT2D eigenvalue weighted by molar-refractivity contribution is 7.91. The van der Waals surface area contributed by atoms with Crippen molar-refractivity contribution < 1.29 is 8.42 Å². The predicted molar refractivity (Wildman–Crippen MR) is 100.0 cm³/mol. The normalized spacial score (nSPS) is 26.0. The molecule has 2 aliphatic rings. The summed E-state index contributed by atoms with van der Waals surface area (Å²) in [5, 5.41) is 3.55. The Morgan fingerprint density at radius 3 is 2.60 bits per heavy atom. The third-order valence-electron chi connectivity index (χ3n) is 5.65. The maximum atomic E-state index is 13.0. The lowest BCUT2D eigenvalue weighted by Gasteiger charge is -2.26. The molecule has 0 saturated carbocycles. The zero-order chi connectivity index (χ0) is 17.6. The van der Waals surface area contributed by atoms with Crippen LogP contribution in [0.2, 0.25) is 0 Å². The number of hydrogen-bond donors (Lipinski definition) is 1. The van der Waals surface area contributed by atoms with Crippen LogP contribution in [0.25, 0.3) is 0 Å². The van der Waals surface area contributed by atoms with Crippen molar-refractivity contribution in [2.24, 2.45) is 0 Å². The standard InChI is InChI=1S/C20H24N2O2S/c1-14-12-20-17(10-11-21-14)18-13-16(8-9-19(18)22(20)2)25(23,24)15-6-4-3-5-7-15/h3-9,13-14,17,20-21H,10-12H2,1-2H3/t14?,17-,20+/m0/s1. The van der Waals surface area contributed by atoms with E-state index in [9.17, 15) is 8.42 Å². The van der Waals surface area contributed by atoms with Gasteiger partial charge in [-0.2, -0.15) is 0 Å². The van der Waals surface area contributed by atoms with Crippen molar-refractivity contribution in [3.05, 3.63) is 54.1 Å². The summed E-state index contributed by atoms with van der Waals surface area (Å²) in [7, 11) is -1.34. The highest BCUT2D eigenvalue weighted by Gasteiger charge is 2.39. The fraction of sp³-hybridized carbons (Fsp3) is 0.400. The van der Waals surface area contributed by atoms with E-state index in [1.165, 1.54) is 11.3 Å². The molecule has 0 aliphatic carbocycles. The number of sulfone groups is 1. The molecule has 2 aliphatic heterocycles. The van der Waals surface area contributed by atoms with E-state index >= 15 is 0 Å². The van der Waals surface area contributed by atoms with Crippen LogP contribution >= 0.6 is 0 Å². The average molecular weight is 356 g/mol. The van der Waals surface area contributed by atoms with Crippen LogP contribution in [-0.4, -0.2) is 34.1 Å². The first-order valence-electron chi connectivity index (χ1n) is 8.89. The lowest BCUT2D eigenvalue weighted by molar-refractivity contribution is 0.487. The Bertz CT molecular complexity index is 880. The summed E-state index contributed by atoms with van der Waals surface area (Å²) in [6, 6.07) is 15.3. The molecule has 0 spiro atoms. The molecular weight excluding hydrogens is 332 g/mol. The average Bonchev–Trinajstić information content (AvgIpc) is 2.76. The Labute approximate surface area is 149 Å². The van der Waals surface area contributed by atoms with Crippen LogP contribution in [0.3, 0.4) is 0 Å². The van der Waals surface area contributed by atoms with E-state index in [1.54, 1.807) is 30.3 Å². The van der Waals surface area contributed by atoms with Crippen LogP contribution in [0.4, 0.5) is 5.69 Å². The van der Waals surface area contributed by atoms with E-state index in [4.69, 9.17) is 0 Å². The minimum atomic E-state index is -3.47. The first-order chi connectivity index (χ1) is 12.0. The molecule has 25 heavy (non-hydrogen) atoms. The maximum absolute atomic E-state index is 13.0. The predicted octanol–water partition coefficient (Wildman–Crippen LogP) is 3.19. The van der Waals surface area contributed by atoms with Crippen molar-refractivity contribution in [1.82, 2.24) is 5.32 Å². The summed E-state index contributed by atoms with van der Waals surface area (Å²) < 4.78 is 25.9. The highest BCUT2D eigenvalue weighted by atomic mass is 32.2. The van der Waals surface area contributed by atoms with Gasteiger partial charge in [-0.25, -0.2) is 8.42 Å². The molecule has 1 unspecified atom stereocenters. The van der Waals surface area contributed by atoms with Gasteiger partial charge in [-0.15, -0.1) is 0 Å². The first-order valence-corrected chi connectivity index (χ1v) is 10.4. The number of anilines is 1. The first kappa shape index (κ1) is 16.6. The fourth-order valence-corrected chi connectivity index (χ4v) is 5.63. The molecule has 5 heteroatoms. The van der Waals surface area contributed by atoms with Gasteiger partial charge in [0.15, 0.2) is 0 Å². The van der Waals surface area contributed by atoms with E-state index in [0.717, 1.165) is 19.4 Å². The third kappa shape index (κ3) is 2.75. The van der Waals surface area contributed by atoms with Gasteiger partial charge in [0.05, 0.1) is 9.79 Å². The van der Waals surface area contributed by atoms with Crippen molar-refractivity contribution in [3.8, 4) is 0 Å². The number of hydrogen-bond acceptors (Lipinski definition) is 4. The number of nitrogens with one attached hydrogen (secondary N) is 1. The van der Waals surface area contributed by atoms with Gasteiger partial charge in [0, 0.05) is 30.7 Å². The maximum Gasteiger partial charge on any atom is 0.206 e. The smallest absolute Gasteiger partial charge is 0.206 e. The lowest BCUT2D eigenvalue weighted by Crippen LogP contribution is -2.34. The second-order valence-corrected chi connectivity index (χ2v) is 9.15. The van der Waals surface area contributed by atoms with Gasteiger partial charge in [0.1, 0.15) is 0 Å². The molecule has 1 fully saturated rings. The van der Waals surface area contributed by atoms with Gasteiger partial charge in [0.25, 0.3) is 0 Å². The van der Waals surface area contributed by atoms with Crippen LogP contribution in [-0.2, 0) is 9.84 Å². The number of fused-ring (bicyclic) bond motifs is 3. The van der Waals surface area contributed by atoms with Gasteiger partial charge in [0.2, 0.25) is 9.84 Å². The molecule has 0 aromatic heterocycles. The second kappa shape index (κ2) is 6.15. The third-order valence-corrected chi connectivity index (χ3v) is 7.41. The van der Waals surface area contributed by atoms with Crippen molar-refractivity contribution in [1.29, 1.82) is 0 Å². The summed E-state index contributed by atoms with van der Waals surface area (Å²) in [5.74, 6) is 0.392. The Kier molecular flexibility index (Phi) is 4.08. The molecular formula is C20H24N2O2S. The van der Waals surface area contributed by atoms with Crippen molar-refractivity contribution >= 4 is 15.5 Å². The van der Waals surface area contributed by atoms with Gasteiger partial charge in [-0.3, -0.25) is 0 Å². The number of benzene rings is 2. The molecule has 2 aromatic rings. The van der Waals surface area contributed by atoms with E-state index in [0.29, 0.717) is 27.8 Å². The summed E-state index contributed by atoms with van der Waals surface area (Å²) in [4.78, 5) is 3.09. The van der Waals surface area contributed by atoms with E-state index in [1.807, 2.05) is 18.2 Å². The minimum Gasteiger partial charge on any atom is -0.371 e. The SMILES string of the molecule is CC1C[C@@H]2[C@@H](CCN1)c1cc(S(=O)(=O)c3ccccc3)ccc1N2C. The summed E-state index contributed by atoms with van der Waals surface area (Å²) >= 11 is 0. The topological polar surface area (TPSA) is 49.4 Å². The number of nitrogens with zero attached hydrogens (tertiary/aromatic N) is 1. The minimum absolute atomic E-state index is 0.356. The Morgan fingerprint density at radius 1 is 1.08 bits per heavy atom. The van der Waals surface area contributed by atoms with Crippen molar-refractivity contribution in [3.63, 3.8) is 0 Å². The van der Waals surface area contributed by atoms with Crippen LogP contribution < -0.4 is 10.2 Å². The highest BCUT2D eigenvalue weighted by Crippen LogP contribution is 2.45. The summed E-state index contributed by atoms with van der Waals surface area (Å²) in [6.45, 7) is 3.20. The Balaban J connectivity index is 1.77. The number of likely N-dealkylation sites (N-methyl/N-ethyl adjacent to an activating group) is 1. The largest absolute Gasteiger partial charge is 0.371 e. The van der Waals surface area contributed by atoms with Gasteiger partial charge in [-0.1, -0.05) is 18.2 Å². The molecule has 0 amide bonds. The fourth-order valence-electron chi connectivity index (χ4n) is 4.31. The van der Waals surface area contributed by atoms with Crippen molar-refractivity contribution in [2.45, 2.75) is 47.6 Å². The second-order valence-electron chi connectivity index (χ2n) is 7.20. The molecule has 1 saturated heterocycles. The molecule has 132 valence electrons. The molecule has 0 bridgehead atoms. The summed E-state index contributed by atoms with van der Waals surface area (Å²) in [6.07, 6.45) is 2.12. The van der Waals surface area contributed by atoms with Gasteiger partial charge >= 0.3 is 0 Å². The molecule has 4 nitrogen and oxygen atoms in total.